The first-order valence-corrected chi connectivity index (χ1v) is 10.8. The number of hydrogen-bond donors (Lipinski definition) is 1. The Labute approximate surface area is 180 Å². The molecule has 1 amide bonds. The number of aromatic nitrogens is 1. The lowest BCUT2D eigenvalue weighted by Crippen LogP contribution is -2.41. The lowest BCUT2D eigenvalue weighted by Gasteiger charge is -2.32. The summed E-state index contributed by atoms with van der Waals surface area (Å²) in [7, 11) is 1.59. The highest BCUT2D eigenvalue weighted by Gasteiger charge is 2.19. The van der Waals surface area contributed by atoms with E-state index in [9.17, 15) is 4.79 Å². The zero-order valence-corrected chi connectivity index (χ0v) is 17.9. The van der Waals surface area contributed by atoms with E-state index in [-0.39, 0.29) is 12.0 Å². The fourth-order valence-corrected chi connectivity index (χ4v) is 4.47. The Morgan fingerprint density at radius 2 is 2.13 bits per heavy atom. The largest absolute Gasteiger partial charge is 0.495 e. The zero-order chi connectivity index (χ0) is 20.9. The molecule has 0 saturated carbocycles. The second-order valence-electron chi connectivity index (χ2n) is 7.21. The van der Waals surface area contributed by atoms with Crippen LogP contribution in [-0.4, -0.2) is 43.8 Å². The van der Waals surface area contributed by atoms with Gasteiger partial charge in [0, 0.05) is 30.7 Å². The fraction of sp³-hybridized carbons (Fsp3) is 0.304. The molecule has 1 fully saturated rings. The number of nitrogens with zero attached hydrogens (tertiary/aromatic N) is 2. The summed E-state index contributed by atoms with van der Waals surface area (Å²) in [6, 6.07) is 15.9. The van der Waals surface area contributed by atoms with Gasteiger partial charge in [0.05, 0.1) is 19.8 Å². The summed E-state index contributed by atoms with van der Waals surface area (Å²) in [5.41, 5.74) is 2.02. The van der Waals surface area contributed by atoms with Gasteiger partial charge in [-0.05, 0) is 30.2 Å². The summed E-state index contributed by atoms with van der Waals surface area (Å²) in [5, 5.41) is 2.98. The van der Waals surface area contributed by atoms with Crippen molar-refractivity contribution in [3.63, 3.8) is 0 Å². The maximum Gasteiger partial charge on any atom is 0.265 e. The van der Waals surface area contributed by atoms with Crippen LogP contribution in [0.3, 0.4) is 0 Å². The molecule has 156 valence electrons. The van der Waals surface area contributed by atoms with Crippen LogP contribution in [0.25, 0.3) is 10.4 Å². The van der Waals surface area contributed by atoms with E-state index in [1.165, 1.54) is 11.3 Å². The van der Waals surface area contributed by atoms with E-state index in [0.29, 0.717) is 23.8 Å². The molecule has 3 heterocycles. The highest BCUT2D eigenvalue weighted by Crippen LogP contribution is 2.36. The average Bonchev–Trinajstić information content (AvgIpc) is 3.23. The number of amides is 1. The Morgan fingerprint density at radius 1 is 1.30 bits per heavy atom. The summed E-state index contributed by atoms with van der Waals surface area (Å²) in [6.45, 7) is 4.88. The van der Waals surface area contributed by atoms with E-state index in [0.717, 1.165) is 34.9 Å². The van der Waals surface area contributed by atoms with E-state index in [1.54, 1.807) is 7.11 Å². The minimum absolute atomic E-state index is 0.148. The lowest BCUT2D eigenvalue weighted by molar-refractivity contribution is 0.0529. The Bertz CT molecular complexity index is 989. The van der Waals surface area contributed by atoms with Crippen molar-refractivity contribution in [2.75, 3.05) is 31.7 Å². The third kappa shape index (κ3) is 4.63. The second kappa shape index (κ2) is 9.28. The molecule has 4 rings (SSSR count). The molecule has 7 heteroatoms. The van der Waals surface area contributed by atoms with Crippen molar-refractivity contribution in [2.45, 2.75) is 19.6 Å². The van der Waals surface area contributed by atoms with Crippen LogP contribution in [0.2, 0.25) is 0 Å². The third-order valence-electron chi connectivity index (χ3n) is 5.01. The van der Waals surface area contributed by atoms with Crippen LogP contribution in [0.5, 0.6) is 5.75 Å². The van der Waals surface area contributed by atoms with Gasteiger partial charge in [-0.1, -0.05) is 36.4 Å². The van der Waals surface area contributed by atoms with Crippen molar-refractivity contribution in [1.29, 1.82) is 0 Å². The van der Waals surface area contributed by atoms with E-state index in [1.807, 2.05) is 54.7 Å². The molecule has 1 N–H and O–H groups in total. The molecular weight excluding hydrogens is 398 g/mol. The number of carbonyl (C=O) groups excluding carboxylic acids is 1. The lowest BCUT2D eigenvalue weighted by atomic mass is 10.2. The molecule has 2 aromatic heterocycles. The first-order chi connectivity index (χ1) is 14.6. The molecule has 0 bridgehead atoms. The summed E-state index contributed by atoms with van der Waals surface area (Å²) < 4.78 is 11.0. The zero-order valence-electron chi connectivity index (χ0n) is 17.1. The van der Waals surface area contributed by atoms with Gasteiger partial charge in [0.25, 0.3) is 5.91 Å². The summed E-state index contributed by atoms with van der Waals surface area (Å²) in [6.07, 6.45) is 2.03. The molecular formula is C23H25N3O3S. The average molecular weight is 424 g/mol. The maximum absolute atomic E-state index is 12.8. The molecule has 6 nitrogen and oxygen atoms in total. The number of hydrogen-bond acceptors (Lipinski definition) is 6. The molecule has 0 spiro atoms. The molecule has 1 unspecified atom stereocenters. The number of morpholine rings is 1. The van der Waals surface area contributed by atoms with Gasteiger partial charge in [0.15, 0.2) is 0 Å². The van der Waals surface area contributed by atoms with Crippen LogP contribution in [0.15, 0.2) is 54.7 Å². The minimum Gasteiger partial charge on any atom is -0.495 e. The number of benzene rings is 1. The molecule has 30 heavy (non-hydrogen) atoms. The highest BCUT2D eigenvalue weighted by molar-refractivity contribution is 7.17. The Hall–Kier alpha value is -2.90. The molecule has 1 aromatic carbocycles. The van der Waals surface area contributed by atoms with Gasteiger partial charge in [-0.2, -0.15) is 0 Å². The van der Waals surface area contributed by atoms with Crippen LogP contribution in [0.1, 0.15) is 22.2 Å². The normalized spacial score (nSPS) is 16.3. The number of nitrogens with one attached hydrogen (secondary N) is 1. The SMILES string of the molecule is COc1cc(-c2ccccc2)sc1C(=O)NCc1ccc(N2CCOC(C)C2)nc1. The number of methoxy groups -OCH3 is 1. The van der Waals surface area contributed by atoms with Gasteiger partial charge in [-0.15, -0.1) is 11.3 Å². The van der Waals surface area contributed by atoms with Crippen molar-refractivity contribution in [1.82, 2.24) is 10.3 Å². The Balaban J connectivity index is 1.40. The van der Waals surface area contributed by atoms with Crippen molar-refractivity contribution >= 4 is 23.1 Å². The van der Waals surface area contributed by atoms with Crippen molar-refractivity contribution < 1.29 is 14.3 Å². The number of rotatable bonds is 6. The summed E-state index contributed by atoms with van der Waals surface area (Å²) >= 11 is 1.43. The Kier molecular flexibility index (Phi) is 6.30. The number of pyridine rings is 1. The van der Waals surface area contributed by atoms with Gasteiger partial charge in [-0.3, -0.25) is 4.79 Å². The molecule has 1 saturated heterocycles. The standard InChI is InChI=1S/C23H25N3O3S/c1-16-15-26(10-11-29-16)21-9-8-17(13-24-21)14-25-23(27)22-19(28-2)12-20(30-22)18-6-4-3-5-7-18/h3-9,12-13,16H,10-11,14-15H2,1-2H3,(H,25,27). The highest BCUT2D eigenvalue weighted by atomic mass is 32.1. The van der Waals surface area contributed by atoms with Crippen LogP contribution >= 0.6 is 11.3 Å². The van der Waals surface area contributed by atoms with E-state index < -0.39 is 0 Å². The van der Waals surface area contributed by atoms with E-state index in [4.69, 9.17) is 9.47 Å². The van der Waals surface area contributed by atoms with Gasteiger partial charge < -0.3 is 19.7 Å². The van der Waals surface area contributed by atoms with Crippen LogP contribution in [-0.2, 0) is 11.3 Å². The maximum atomic E-state index is 12.8. The molecule has 3 aromatic rings. The van der Waals surface area contributed by atoms with Crippen molar-refractivity contribution in [3.05, 3.63) is 65.2 Å². The topological polar surface area (TPSA) is 63.7 Å². The minimum atomic E-state index is -0.148. The molecule has 0 radical (unpaired) electrons. The van der Waals surface area contributed by atoms with Crippen molar-refractivity contribution in [2.24, 2.45) is 0 Å². The van der Waals surface area contributed by atoms with Gasteiger partial charge in [0.2, 0.25) is 0 Å². The van der Waals surface area contributed by atoms with E-state index in [2.05, 4.69) is 22.1 Å². The van der Waals surface area contributed by atoms with Gasteiger partial charge >= 0.3 is 0 Å². The molecule has 1 aliphatic rings. The monoisotopic (exact) mass is 423 g/mol. The molecule has 1 atom stereocenters. The van der Waals surface area contributed by atoms with E-state index >= 15 is 0 Å². The van der Waals surface area contributed by atoms with Crippen LogP contribution < -0.4 is 15.0 Å². The fourth-order valence-electron chi connectivity index (χ4n) is 3.43. The summed E-state index contributed by atoms with van der Waals surface area (Å²) in [4.78, 5) is 21.1. The summed E-state index contributed by atoms with van der Waals surface area (Å²) in [5.74, 6) is 1.38. The number of anilines is 1. The third-order valence-corrected chi connectivity index (χ3v) is 6.17. The molecule has 0 aliphatic carbocycles. The van der Waals surface area contributed by atoms with Gasteiger partial charge in [-0.25, -0.2) is 4.98 Å². The van der Waals surface area contributed by atoms with Crippen LogP contribution in [0.4, 0.5) is 5.82 Å². The van der Waals surface area contributed by atoms with Crippen LogP contribution in [0, 0.1) is 0 Å². The first kappa shape index (κ1) is 20.4. The van der Waals surface area contributed by atoms with Gasteiger partial charge in [0.1, 0.15) is 16.4 Å². The quantitative estimate of drug-likeness (QED) is 0.650. The smallest absolute Gasteiger partial charge is 0.265 e. The first-order valence-electron chi connectivity index (χ1n) is 9.97. The molecule has 1 aliphatic heterocycles. The number of ether oxygens (including phenoxy) is 2. The number of thiophene rings is 1. The predicted molar refractivity (Wildman–Crippen MR) is 119 cm³/mol. The number of carbonyl (C=O) groups is 1. The predicted octanol–water partition coefficient (Wildman–Crippen LogP) is 3.97. The second-order valence-corrected chi connectivity index (χ2v) is 8.26. The Morgan fingerprint density at radius 3 is 2.83 bits per heavy atom. The van der Waals surface area contributed by atoms with Crippen molar-refractivity contribution in [3.8, 4) is 16.2 Å².